The van der Waals surface area contributed by atoms with Gasteiger partial charge in [0.15, 0.2) is 0 Å². The van der Waals surface area contributed by atoms with E-state index in [0.29, 0.717) is 32.2 Å². The number of nitrogens with one attached hydrogen (secondary N) is 2. The van der Waals surface area contributed by atoms with Gasteiger partial charge in [-0.15, -0.1) is 0 Å². The van der Waals surface area contributed by atoms with Gasteiger partial charge in [0.25, 0.3) is 0 Å². The number of hydrogen-bond acceptors (Lipinski definition) is 3. The van der Waals surface area contributed by atoms with Crippen molar-refractivity contribution in [3.63, 3.8) is 0 Å². The second-order valence-electron chi connectivity index (χ2n) is 6.97. The lowest BCUT2D eigenvalue weighted by Gasteiger charge is -2.23. The summed E-state index contributed by atoms with van der Waals surface area (Å²) in [6, 6.07) is 7.94. The minimum absolute atomic E-state index is 0.0163. The van der Waals surface area contributed by atoms with Crippen molar-refractivity contribution in [1.82, 2.24) is 15.5 Å². The smallest absolute Gasteiger partial charge is 0.317 e. The highest BCUT2D eigenvalue weighted by Crippen LogP contribution is 2.17. The van der Waals surface area contributed by atoms with Crippen LogP contribution in [0.2, 0.25) is 0 Å². The van der Waals surface area contributed by atoms with Gasteiger partial charge in [-0.2, -0.15) is 0 Å². The summed E-state index contributed by atoms with van der Waals surface area (Å²) in [4.78, 5) is 25.5. The Morgan fingerprint density at radius 3 is 2.54 bits per heavy atom. The number of hydrogen-bond donors (Lipinski definition) is 2. The first-order valence-corrected chi connectivity index (χ1v) is 9.52. The molecule has 0 bridgehead atoms. The fourth-order valence-corrected chi connectivity index (χ4v) is 3.00. The lowest BCUT2D eigenvalue weighted by Crippen LogP contribution is -2.42. The maximum absolute atomic E-state index is 12.0. The molecular formula is C20H31N3O3. The first kappa shape index (κ1) is 20.1. The van der Waals surface area contributed by atoms with Crippen molar-refractivity contribution in [2.24, 2.45) is 0 Å². The number of benzene rings is 1. The van der Waals surface area contributed by atoms with E-state index in [9.17, 15) is 9.59 Å². The molecule has 6 heteroatoms. The third-order valence-electron chi connectivity index (χ3n) is 4.66. The summed E-state index contributed by atoms with van der Waals surface area (Å²) in [6.07, 6.45) is 6.11. The number of carbonyl (C=O) groups excluding carboxylic acids is 2. The molecule has 26 heavy (non-hydrogen) atoms. The molecule has 3 amide bonds. The summed E-state index contributed by atoms with van der Waals surface area (Å²) < 4.78 is 5.62. The Labute approximate surface area is 156 Å². The summed E-state index contributed by atoms with van der Waals surface area (Å²) in [5.41, 5.74) is 1.18. The van der Waals surface area contributed by atoms with Crippen molar-refractivity contribution < 1.29 is 14.3 Å². The molecule has 0 aliphatic heterocycles. The summed E-state index contributed by atoms with van der Waals surface area (Å²) in [5, 5.41) is 5.83. The summed E-state index contributed by atoms with van der Waals surface area (Å²) in [7, 11) is 1.72. The van der Waals surface area contributed by atoms with Crippen LogP contribution in [-0.2, 0) is 4.79 Å². The third kappa shape index (κ3) is 7.33. The Kier molecular flexibility index (Phi) is 8.25. The van der Waals surface area contributed by atoms with Crippen molar-refractivity contribution in [2.75, 3.05) is 26.7 Å². The first-order chi connectivity index (χ1) is 12.5. The number of urea groups is 1. The van der Waals surface area contributed by atoms with Gasteiger partial charge in [-0.1, -0.05) is 37.0 Å². The standard InChI is InChI=1S/C20H31N3O3/c1-16-8-10-18(11-9-16)26-15-14-23(2)20(25)21-13-12-19(24)22-17-6-4-3-5-7-17/h8-11,17H,3-7,12-15H2,1-2H3,(H,21,25)(H,22,24). The molecule has 144 valence electrons. The Balaban J connectivity index is 1.56. The van der Waals surface area contributed by atoms with Crippen LogP contribution in [0, 0.1) is 6.92 Å². The van der Waals surface area contributed by atoms with E-state index in [0.717, 1.165) is 18.6 Å². The largest absolute Gasteiger partial charge is 0.492 e. The number of amides is 3. The molecule has 6 nitrogen and oxygen atoms in total. The fraction of sp³-hybridized carbons (Fsp3) is 0.600. The van der Waals surface area contributed by atoms with E-state index < -0.39 is 0 Å². The Bertz CT molecular complexity index is 568. The van der Waals surface area contributed by atoms with Gasteiger partial charge in [-0.3, -0.25) is 4.79 Å². The molecule has 0 radical (unpaired) electrons. The van der Waals surface area contributed by atoms with Crippen molar-refractivity contribution in [1.29, 1.82) is 0 Å². The van der Waals surface area contributed by atoms with Gasteiger partial charge in [0.2, 0.25) is 5.91 Å². The zero-order chi connectivity index (χ0) is 18.8. The number of rotatable bonds is 8. The van der Waals surface area contributed by atoms with Crippen LogP contribution in [0.4, 0.5) is 4.79 Å². The van der Waals surface area contributed by atoms with Gasteiger partial charge >= 0.3 is 6.03 Å². The van der Waals surface area contributed by atoms with Crippen LogP contribution in [0.25, 0.3) is 0 Å². The highest BCUT2D eigenvalue weighted by molar-refractivity contribution is 5.78. The molecule has 2 N–H and O–H groups in total. The van der Waals surface area contributed by atoms with E-state index in [1.165, 1.54) is 24.8 Å². The highest BCUT2D eigenvalue weighted by Gasteiger charge is 2.15. The monoisotopic (exact) mass is 361 g/mol. The zero-order valence-electron chi connectivity index (χ0n) is 15.9. The van der Waals surface area contributed by atoms with E-state index >= 15 is 0 Å². The molecule has 1 aromatic carbocycles. The van der Waals surface area contributed by atoms with E-state index in [1.54, 1.807) is 11.9 Å². The molecule has 0 saturated heterocycles. The van der Waals surface area contributed by atoms with Crippen LogP contribution in [0.1, 0.15) is 44.1 Å². The molecule has 0 heterocycles. The van der Waals surface area contributed by atoms with Crippen molar-refractivity contribution >= 4 is 11.9 Å². The highest BCUT2D eigenvalue weighted by atomic mass is 16.5. The third-order valence-corrected chi connectivity index (χ3v) is 4.66. The van der Waals surface area contributed by atoms with E-state index in [1.807, 2.05) is 31.2 Å². The van der Waals surface area contributed by atoms with Gasteiger partial charge in [-0.05, 0) is 31.9 Å². The Morgan fingerprint density at radius 1 is 1.15 bits per heavy atom. The minimum atomic E-state index is -0.192. The fourth-order valence-electron chi connectivity index (χ4n) is 3.00. The van der Waals surface area contributed by atoms with E-state index in [4.69, 9.17) is 4.74 Å². The summed E-state index contributed by atoms with van der Waals surface area (Å²) in [6.45, 7) is 3.28. The van der Waals surface area contributed by atoms with Crippen LogP contribution in [-0.4, -0.2) is 49.6 Å². The number of carbonyl (C=O) groups is 2. The first-order valence-electron chi connectivity index (χ1n) is 9.52. The van der Waals surface area contributed by atoms with E-state index in [2.05, 4.69) is 10.6 Å². The van der Waals surface area contributed by atoms with Gasteiger partial charge < -0.3 is 20.3 Å². The number of aryl methyl sites for hydroxylation is 1. The number of likely N-dealkylation sites (N-methyl/N-ethyl adjacent to an activating group) is 1. The maximum Gasteiger partial charge on any atom is 0.317 e. The molecule has 1 saturated carbocycles. The van der Waals surface area contributed by atoms with Crippen LogP contribution >= 0.6 is 0 Å². The molecule has 0 unspecified atom stereocenters. The van der Waals surface area contributed by atoms with Crippen molar-refractivity contribution in [3.8, 4) is 5.75 Å². The van der Waals surface area contributed by atoms with Crippen LogP contribution in [0.5, 0.6) is 5.75 Å². The average molecular weight is 361 g/mol. The molecule has 1 aromatic rings. The molecule has 0 atom stereocenters. The van der Waals surface area contributed by atoms with Crippen molar-refractivity contribution in [2.45, 2.75) is 51.5 Å². The molecule has 1 aliphatic carbocycles. The van der Waals surface area contributed by atoms with Crippen LogP contribution in [0.3, 0.4) is 0 Å². The predicted molar refractivity (Wildman–Crippen MR) is 102 cm³/mol. The van der Waals surface area contributed by atoms with Crippen LogP contribution in [0.15, 0.2) is 24.3 Å². The zero-order valence-corrected chi connectivity index (χ0v) is 15.9. The molecule has 1 fully saturated rings. The molecule has 2 rings (SSSR count). The number of ether oxygens (including phenoxy) is 1. The van der Waals surface area contributed by atoms with Gasteiger partial charge in [0.05, 0.1) is 6.54 Å². The predicted octanol–water partition coefficient (Wildman–Crippen LogP) is 2.85. The van der Waals surface area contributed by atoms with Crippen molar-refractivity contribution in [3.05, 3.63) is 29.8 Å². The van der Waals surface area contributed by atoms with Gasteiger partial charge in [0.1, 0.15) is 12.4 Å². The van der Waals surface area contributed by atoms with Gasteiger partial charge in [-0.25, -0.2) is 4.79 Å². The maximum atomic E-state index is 12.0. The Morgan fingerprint density at radius 2 is 1.85 bits per heavy atom. The summed E-state index contributed by atoms with van der Waals surface area (Å²) >= 11 is 0. The number of nitrogens with zero attached hydrogens (tertiary/aromatic N) is 1. The second-order valence-corrected chi connectivity index (χ2v) is 6.97. The summed E-state index contributed by atoms with van der Waals surface area (Å²) in [5.74, 6) is 0.811. The molecule has 0 aromatic heterocycles. The lowest BCUT2D eigenvalue weighted by molar-refractivity contribution is -0.121. The van der Waals surface area contributed by atoms with Crippen LogP contribution < -0.4 is 15.4 Å². The normalized spacial score (nSPS) is 14.5. The van der Waals surface area contributed by atoms with Gasteiger partial charge in [0, 0.05) is 26.1 Å². The Hall–Kier alpha value is -2.24. The lowest BCUT2D eigenvalue weighted by atomic mass is 9.95. The second kappa shape index (κ2) is 10.7. The minimum Gasteiger partial charge on any atom is -0.492 e. The molecule has 0 spiro atoms. The molecule has 1 aliphatic rings. The van der Waals surface area contributed by atoms with E-state index in [-0.39, 0.29) is 11.9 Å². The topological polar surface area (TPSA) is 70.7 Å². The molecular weight excluding hydrogens is 330 g/mol. The quantitative estimate of drug-likeness (QED) is 0.748. The average Bonchev–Trinajstić information content (AvgIpc) is 2.64. The SMILES string of the molecule is Cc1ccc(OCCN(C)C(=O)NCCC(=O)NC2CCCCC2)cc1.